The van der Waals surface area contributed by atoms with E-state index in [1.54, 1.807) is 42.1 Å². The molecule has 0 aliphatic rings. The van der Waals surface area contributed by atoms with Gasteiger partial charge in [0, 0.05) is 35.9 Å². The summed E-state index contributed by atoms with van der Waals surface area (Å²) in [6, 6.07) is 5.87. The summed E-state index contributed by atoms with van der Waals surface area (Å²) in [7, 11) is 1.70. The Morgan fingerprint density at radius 1 is 1.14 bits per heavy atom. The number of halogens is 3. The minimum absolute atomic E-state index is 0.0599. The molecule has 0 aliphatic heterocycles. The highest BCUT2D eigenvalue weighted by molar-refractivity contribution is 7.18. The van der Waals surface area contributed by atoms with Crippen molar-refractivity contribution in [3.05, 3.63) is 57.1 Å². The molecule has 4 aromatic rings. The second-order valence-corrected chi connectivity index (χ2v) is 7.34. The molecule has 150 valence electrons. The lowest BCUT2D eigenvalue weighted by atomic mass is 10.1. The van der Waals surface area contributed by atoms with Crippen LogP contribution in [0, 0.1) is 0 Å². The predicted molar refractivity (Wildman–Crippen MR) is 105 cm³/mol. The van der Waals surface area contributed by atoms with Gasteiger partial charge in [0.2, 0.25) is 0 Å². The van der Waals surface area contributed by atoms with Gasteiger partial charge in [-0.2, -0.15) is 29.6 Å². The van der Waals surface area contributed by atoms with Gasteiger partial charge in [-0.1, -0.05) is 0 Å². The zero-order valence-corrected chi connectivity index (χ0v) is 16.3. The summed E-state index contributed by atoms with van der Waals surface area (Å²) in [5, 5.41) is 18.5. The van der Waals surface area contributed by atoms with Crippen molar-refractivity contribution >= 4 is 38.7 Å². The molecule has 0 unspecified atom stereocenters. The lowest BCUT2D eigenvalue weighted by Gasteiger charge is -2.05. The van der Waals surface area contributed by atoms with E-state index < -0.39 is 12.1 Å². The van der Waals surface area contributed by atoms with Crippen LogP contribution in [0.25, 0.3) is 32.5 Å². The van der Waals surface area contributed by atoms with E-state index in [0.29, 0.717) is 0 Å². The fraction of sp³-hybridized carbons (Fsp3) is 0.111. The van der Waals surface area contributed by atoms with Crippen molar-refractivity contribution in [3.63, 3.8) is 0 Å². The van der Waals surface area contributed by atoms with Gasteiger partial charge < -0.3 is 5.11 Å². The molecule has 0 aromatic carbocycles. The van der Waals surface area contributed by atoms with Gasteiger partial charge in [-0.15, -0.1) is 11.3 Å². The Morgan fingerprint density at radius 2 is 1.79 bits per heavy atom. The number of aliphatic carboxylic acids is 1. The van der Waals surface area contributed by atoms with Crippen molar-refractivity contribution in [2.24, 2.45) is 7.05 Å². The first-order valence-corrected chi connectivity index (χ1v) is 9.74. The van der Waals surface area contributed by atoms with E-state index in [1.165, 1.54) is 4.68 Å². The van der Waals surface area contributed by atoms with Crippen molar-refractivity contribution < 1.29 is 23.1 Å². The average Bonchev–Trinajstić information content (AvgIpc) is 3.34. The number of carboxylic acid groups (broad SMARTS) is 1. The van der Waals surface area contributed by atoms with Crippen molar-refractivity contribution in [2.45, 2.75) is 6.18 Å². The van der Waals surface area contributed by atoms with Crippen LogP contribution in [0.2, 0.25) is 0 Å². The summed E-state index contributed by atoms with van der Waals surface area (Å²) in [5.74, 6) is -2.76. The van der Waals surface area contributed by atoms with E-state index in [1.807, 2.05) is 29.0 Å². The van der Waals surface area contributed by atoms with Crippen molar-refractivity contribution in [2.75, 3.05) is 0 Å². The second kappa shape index (κ2) is 8.13. The number of alkyl halides is 3. The number of carboxylic acids is 1. The number of aryl methyl sites for hydroxylation is 1. The third-order valence-electron chi connectivity index (χ3n) is 3.79. The molecule has 1 N–H and O–H groups in total. The number of rotatable bonds is 2. The number of hydrogen-bond acceptors (Lipinski definition) is 6. The molecule has 0 bridgehead atoms. The molecule has 29 heavy (non-hydrogen) atoms. The molecule has 0 saturated heterocycles. The lowest BCUT2D eigenvalue weighted by Crippen LogP contribution is -2.21. The highest BCUT2D eigenvalue weighted by atomic mass is 32.1. The molecular weight excluding hydrogens is 427 g/mol. The minimum atomic E-state index is -5.08. The maximum Gasteiger partial charge on any atom is 0.490 e. The fourth-order valence-electron chi connectivity index (χ4n) is 2.48. The Kier molecular flexibility index (Phi) is 5.80. The monoisotopic (exact) mass is 439 g/mol. The van der Waals surface area contributed by atoms with Crippen LogP contribution < -0.4 is 5.56 Å². The van der Waals surface area contributed by atoms with Crippen LogP contribution in [-0.2, 0) is 11.8 Å². The Hall–Kier alpha value is -3.05. The van der Waals surface area contributed by atoms with Crippen LogP contribution in [0.15, 0.2) is 51.5 Å². The molecule has 0 fully saturated rings. The van der Waals surface area contributed by atoms with Gasteiger partial charge in [-0.25, -0.2) is 9.48 Å². The zero-order valence-electron chi connectivity index (χ0n) is 14.7. The van der Waals surface area contributed by atoms with Crippen LogP contribution in [0.3, 0.4) is 0 Å². The quantitative estimate of drug-likeness (QED) is 0.500. The highest BCUT2D eigenvalue weighted by Gasteiger charge is 2.38. The van der Waals surface area contributed by atoms with Crippen molar-refractivity contribution in [1.29, 1.82) is 0 Å². The van der Waals surface area contributed by atoms with E-state index in [2.05, 4.69) is 15.5 Å². The van der Waals surface area contributed by atoms with E-state index in [4.69, 9.17) is 9.90 Å². The molecule has 4 rings (SSSR count). The van der Waals surface area contributed by atoms with E-state index in [0.717, 1.165) is 32.5 Å². The van der Waals surface area contributed by atoms with Crippen molar-refractivity contribution in [3.8, 4) is 22.4 Å². The van der Waals surface area contributed by atoms with Gasteiger partial charge in [0.1, 0.15) is 5.69 Å². The number of carbonyl (C=O) groups is 1. The maximum atomic E-state index is 12.6. The summed E-state index contributed by atoms with van der Waals surface area (Å²) in [6.45, 7) is 0. The van der Waals surface area contributed by atoms with Crippen LogP contribution in [0.5, 0.6) is 0 Å². The van der Waals surface area contributed by atoms with Crippen LogP contribution >= 0.6 is 22.7 Å². The number of pyridine rings is 1. The summed E-state index contributed by atoms with van der Waals surface area (Å²) in [4.78, 5) is 25.5. The largest absolute Gasteiger partial charge is 0.490 e. The number of thiophene rings is 2. The second-order valence-electron chi connectivity index (χ2n) is 5.68. The standard InChI is InChI=1S/C16H11N3OS2.C2HF3O2/c1-19-16(20)13-12(11-4-7-21-8-11)9-22-15(13)14(18-19)10-2-5-17-6-3-10;3-2(4,5)1(6)7/h2-9H,1H3;(H,6,7). The molecule has 0 amide bonds. The van der Waals surface area contributed by atoms with Crippen LogP contribution in [0.1, 0.15) is 0 Å². The minimum Gasteiger partial charge on any atom is -0.475 e. The molecule has 6 nitrogen and oxygen atoms in total. The Balaban J connectivity index is 0.000000298. The SMILES string of the molecule is Cn1nc(-c2ccncc2)c2scc(-c3ccsc3)c2c1=O.O=C(O)C(F)(F)F. The summed E-state index contributed by atoms with van der Waals surface area (Å²) in [6.07, 6.45) is -1.61. The lowest BCUT2D eigenvalue weighted by molar-refractivity contribution is -0.192. The van der Waals surface area contributed by atoms with Gasteiger partial charge in [-0.05, 0) is 34.5 Å². The molecule has 4 aromatic heterocycles. The summed E-state index contributed by atoms with van der Waals surface area (Å²) < 4.78 is 34.1. The first kappa shape index (κ1) is 20.7. The average molecular weight is 439 g/mol. The summed E-state index contributed by atoms with van der Waals surface area (Å²) in [5.41, 5.74) is 3.80. The zero-order chi connectivity index (χ0) is 21.2. The molecule has 0 saturated carbocycles. The Morgan fingerprint density at radius 3 is 2.34 bits per heavy atom. The smallest absolute Gasteiger partial charge is 0.475 e. The van der Waals surface area contributed by atoms with Gasteiger partial charge in [-0.3, -0.25) is 9.78 Å². The topological polar surface area (TPSA) is 85.1 Å². The van der Waals surface area contributed by atoms with Crippen LogP contribution in [0.4, 0.5) is 13.2 Å². The first-order chi connectivity index (χ1) is 13.7. The van der Waals surface area contributed by atoms with Gasteiger partial charge in [0.15, 0.2) is 0 Å². The number of fused-ring (bicyclic) bond motifs is 1. The van der Waals surface area contributed by atoms with Gasteiger partial charge in [0.25, 0.3) is 5.56 Å². The third kappa shape index (κ3) is 4.35. The summed E-state index contributed by atoms with van der Waals surface area (Å²) >= 11 is 3.19. The van der Waals surface area contributed by atoms with Gasteiger partial charge >= 0.3 is 12.1 Å². The van der Waals surface area contributed by atoms with E-state index in [9.17, 15) is 18.0 Å². The predicted octanol–water partition coefficient (Wildman–Crippen LogP) is 4.42. The van der Waals surface area contributed by atoms with Crippen molar-refractivity contribution in [1.82, 2.24) is 14.8 Å². The van der Waals surface area contributed by atoms with E-state index in [-0.39, 0.29) is 5.56 Å². The normalized spacial score (nSPS) is 11.2. The fourth-order valence-corrected chi connectivity index (χ4v) is 4.21. The van der Waals surface area contributed by atoms with E-state index >= 15 is 0 Å². The molecule has 0 aliphatic carbocycles. The first-order valence-electron chi connectivity index (χ1n) is 7.91. The molecule has 0 spiro atoms. The van der Waals surface area contributed by atoms with Gasteiger partial charge in [0.05, 0.1) is 10.1 Å². The van der Waals surface area contributed by atoms with Crippen LogP contribution in [-0.4, -0.2) is 32.0 Å². The number of hydrogen-bond donors (Lipinski definition) is 1. The molecule has 11 heteroatoms. The maximum absolute atomic E-state index is 12.6. The highest BCUT2D eigenvalue weighted by Crippen LogP contribution is 2.37. The molecule has 0 radical (unpaired) electrons. The number of nitrogens with zero attached hydrogens (tertiary/aromatic N) is 3. The molecular formula is C18H12F3N3O3S2. The molecule has 0 atom stereocenters. The Bertz CT molecular complexity index is 1200. The third-order valence-corrected chi connectivity index (χ3v) is 5.46. The molecule has 4 heterocycles. The number of aromatic nitrogens is 3. The Labute approximate surface area is 169 Å².